The highest BCUT2D eigenvalue weighted by Gasteiger charge is 2.18. The maximum absolute atomic E-state index is 12.4. The van der Waals surface area contributed by atoms with Crippen molar-refractivity contribution in [2.24, 2.45) is 0 Å². The number of fused-ring (bicyclic) bond motifs is 1. The van der Waals surface area contributed by atoms with Gasteiger partial charge in [-0.3, -0.25) is 10.1 Å². The summed E-state index contributed by atoms with van der Waals surface area (Å²) in [6.45, 7) is 1.79. The first-order valence-corrected chi connectivity index (χ1v) is 8.40. The number of hydrogen-bond donors (Lipinski definition) is 3. The molecule has 0 fully saturated rings. The number of carbonyl (C=O) groups is 1. The molecule has 1 aliphatic rings. The highest BCUT2D eigenvalue weighted by Crippen LogP contribution is 2.21. The van der Waals surface area contributed by atoms with Crippen molar-refractivity contribution < 1.29 is 9.53 Å². The molecule has 0 saturated carbocycles. The summed E-state index contributed by atoms with van der Waals surface area (Å²) in [7, 11) is 1.65. The molecule has 1 aromatic carbocycles. The number of aromatic amines is 2. The molecular formula is C19H19N5O2. The topological polar surface area (TPSA) is 95.7 Å². The number of anilines is 1. The molecule has 0 spiro atoms. The average molecular weight is 349 g/mol. The van der Waals surface area contributed by atoms with E-state index in [1.807, 2.05) is 18.2 Å². The third-order valence-corrected chi connectivity index (χ3v) is 4.42. The summed E-state index contributed by atoms with van der Waals surface area (Å²) in [6.07, 6.45) is 3.11. The molecule has 1 amide bonds. The zero-order valence-corrected chi connectivity index (χ0v) is 14.6. The number of methoxy groups -OCH3 is 1. The number of H-pyrrole nitrogens is 2. The number of aryl methyl sites for hydroxylation is 1. The Morgan fingerprint density at radius 1 is 1.19 bits per heavy atom. The molecule has 0 atom stereocenters. The molecule has 1 aliphatic carbocycles. The number of benzene rings is 1. The Labute approximate surface area is 149 Å². The molecule has 3 aromatic rings. The lowest BCUT2D eigenvalue weighted by molar-refractivity contribution is 0.102. The van der Waals surface area contributed by atoms with Gasteiger partial charge in [0, 0.05) is 6.42 Å². The third-order valence-electron chi connectivity index (χ3n) is 4.42. The Kier molecular flexibility index (Phi) is 4.04. The van der Waals surface area contributed by atoms with E-state index in [2.05, 4.69) is 37.4 Å². The van der Waals surface area contributed by atoms with Crippen LogP contribution in [-0.2, 0) is 4.74 Å². The second kappa shape index (κ2) is 6.51. The maximum Gasteiger partial charge on any atom is 0.276 e. The normalized spacial score (nSPS) is 13.5. The van der Waals surface area contributed by atoms with Gasteiger partial charge in [-0.1, -0.05) is 30.3 Å². The lowest BCUT2D eigenvalue weighted by Crippen LogP contribution is -2.33. The Morgan fingerprint density at radius 2 is 2.00 bits per heavy atom. The highest BCUT2D eigenvalue weighted by atomic mass is 16.5. The molecule has 4 rings (SSSR count). The van der Waals surface area contributed by atoms with Crippen LogP contribution in [0.5, 0.6) is 0 Å². The second-order valence-electron chi connectivity index (χ2n) is 6.12. The molecule has 3 N–H and O–H groups in total. The summed E-state index contributed by atoms with van der Waals surface area (Å²) < 4.78 is 5.51. The van der Waals surface area contributed by atoms with E-state index in [4.69, 9.17) is 4.74 Å². The standard InChI is InChI=1S/C19H19N5O2/c1-11-20-10-14(21-11)18(25)24-19-22-16-13(12-6-4-3-5-7-12)8-9-15(26-2)17(16)23-19/h3-7,10H,8-9H2,1-2H3,(H,20,21)(H2,22,23,24,25). The SMILES string of the molecule is COC1=c2[nH]c(NC(=O)c3cnc(C)[nH]3)nc2=C(c2ccccc2)CC1. The second-order valence-corrected chi connectivity index (χ2v) is 6.12. The van der Waals surface area contributed by atoms with Gasteiger partial charge in [-0.2, -0.15) is 0 Å². The number of ether oxygens (including phenoxy) is 1. The van der Waals surface area contributed by atoms with Gasteiger partial charge in [0.1, 0.15) is 22.6 Å². The van der Waals surface area contributed by atoms with Crippen LogP contribution in [0.1, 0.15) is 34.7 Å². The van der Waals surface area contributed by atoms with Crippen molar-refractivity contribution in [3.05, 3.63) is 64.3 Å². The van der Waals surface area contributed by atoms with Crippen molar-refractivity contribution in [3.8, 4) is 0 Å². The number of amides is 1. The lowest BCUT2D eigenvalue weighted by atomic mass is 9.97. The van der Waals surface area contributed by atoms with E-state index in [0.717, 1.165) is 40.4 Å². The van der Waals surface area contributed by atoms with Crippen LogP contribution in [-0.4, -0.2) is 33.0 Å². The lowest BCUT2D eigenvalue weighted by Gasteiger charge is -2.13. The third kappa shape index (κ3) is 2.88. The van der Waals surface area contributed by atoms with Crippen LogP contribution in [0.3, 0.4) is 0 Å². The van der Waals surface area contributed by atoms with Crippen LogP contribution >= 0.6 is 0 Å². The number of aromatic nitrogens is 4. The Balaban J connectivity index is 1.79. The molecule has 0 unspecified atom stereocenters. The Hall–Kier alpha value is -3.35. The molecule has 0 radical (unpaired) electrons. The first-order chi connectivity index (χ1) is 12.7. The van der Waals surface area contributed by atoms with Crippen molar-refractivity contribution in [2.45, 2.75) is 19.8 Å². The van der Waals surface area contributed by atoms with E-state index >= 15 is 0 Å². The minimum Gasteiger partial charge on any atom is -0.499 e. The van der Waals surface area contributed by atoms with Crippen LogP contribution in [0.4, 0.5) is 5.95 Å². The molecule has 7 nitrogen and oxygen atoms in total. The molecule has 132 valence electrons. The summed E-state index contributed by atoms with van der Waals surface area (Å²) in [5.74, 6) is 1.61. The van der Waals surface area contributed by atoms with E-state index in [-0.39, 0.29) is 5.91 Å². The molecule has 2 heterocycles. The fourth-order valence-corrected chi connectivity index (χ4v) is 3.17. The van der Waals surface area contributed by atoms with Crippen molar-refractivity contribution in [1.82, 2.24) is 19.9 Å². The smallest absolute Gasteiger partial charge is 0.276 e. The monoisotopic (exact) mass is 349 g/mol. The average Bonchev–Trinajstić information content (AvgIpc) is 3.27. The highest BCUT2D eigenvalue weighted by molar-refractivity contribution is 6.01. The molecule has 2 aromatic heterocycles. The summed E-state index contributed by atoms with van der Waals surface area (Å²) in [6, 6.07) is 10.1. The predicted molar refractivity (Wildman–Crippen MR) is 97.7 cm³/mol. The van der Waals surface area contributed by atoms with Gasteiger partial charge in [0.2, 0.25) is 5.95 Å². The van der Waals surface area contributed by atoms with E-state index in [1.165, 1.54) is 6.20 Å². The van der Waals surface area contributed by atoms with Crippen LogP contribution in [0.15, 0.2) is 36.5 Å². The predicted octanol–water partition coefficient (Wildman–Crippen LogP) is 1.44. The van der Waals surface area contributed by atoms with Gasteiger partial charge in [-0.05, 0) is 24.5 Å². The van der Waals surface area contributed by atoms with E-state index in [9.17, 15) is 4.79 Å². The number of carbonyl (C=O) groups excluding carboxylic acids is 1. The minimum absolute atomic E-state index is 0.295. The van der Waals surface area contributed by atoms with Crippen LogP contribution in [0.25, 0.3) is 11.3 Å². The fraction of sp³-hybridized carbons (Fsp3) is 0.211. The number of nitrogens with one attached hydrogen (secondary N) is 3. The maximum atomic E-state index is 12.4. The van der Waals surface area contributed by atoms with E-state index in [0.29, 0.717) is 17.5 Å². The largest absolute Gasteiger partial charge is 0.499 e. The van der Waals surface area contributed by atoms with Gasteiger partial charge in [0.05, 0.1) is 18.7 Å². The Morgan fingerprint density at radius 3 is 2.69 bits per heavy atom. The molecule has 7 heteroatoms. The van der Waals surface area contributed by atoms with Gasteiger partial charge in [0.15, 0.2) is 0 Å². The van der Waals surface area contributed by atoms with E-state index < -0.39 is 0 Å². The molecule has 26 heavy (non-hydrogen) atoms. The van der Waals surface area contributed by atoms with Gasteiger partial charge in [-0.15, -0.1) is 0 Å². The van der Waals surface area contributed by atoms with Crippen molar-refractivity contribution in [1.29, 1.82) is 0 Å². The molecule has 0 saturated heterocycles. The molecular weight excluding hydrogens is 330 g/mol. The molecule has 0 aliphatic heterocycles. The fourth-order valence-electron chi connectivity index (χ4n) is 3.17. The summed E-state index contributed by atoms with van der Waals surface area (Å²) in [5, 5.41) is 4.42. The number of rotatable bonds is 4. The first kappa shape index (κ1) is 16.1. The summed E-state index contributed by atoms with van der Waals surface area (Å²) >= 11 is 0. The van der Waals surface area contributed by atoms with Gasteiger partial charge >= 0.3 is 0 Å². The summed E-state index contributed by atoms with van der Waals surface area (Å²) in [4.78, 5) is 27.1. The zero-order valence-electron chi connectivity index (χ0n) is 14.6. The first-order valence-electron chi connectivity index (χ1n) is 8.40. The summed E-state index contributed by atoms with van der Waals surface area (Å²) in [5.41, 5.74) is 2.65. The van der Waals surface area contributed by atoms with Gasteiger partial charge in [0.25, 0.3) is 5.91 Å². The van der Waals surface area contributed by atoms with Gasteiger partial charge in [-0.25, -0.2) is 9.97 Å². The van der Waals surface area contributed by atoms with Crippen LogP contribution < -0.4 is 16.0 Å². The van der Waals surface area contributed by atoms with Crippen molar-refractivity contribution in [3.63, 3.8) is 0 Å². The van der Waals surface area contributed by atoms with Crippen LogP contribution in [0.2, 0.25) is 0 Å². The zero-order chi connectivity index (χ0) is 18.1. The van der Waals surface area contributed by atoms with Gasteiger partial charge < -0.3 is 14.7 Å². The number of nitrogens with zero attached hydrogens (tertiary/aromatic N) is 2. The number of imidazole rings is 2. The van der Waals surface area contributed by atoms with Crippen molar-refractivity contribution in [2.75, 3.05) is 12.4 Å². The van der Waals surface area contributed by atoms with Crippen LogP contribution in [0, 0.1) is 6.92 Å². The van der Waals surface area contributed by atoms with Crippen molar-refractivity contribution >= 4 is 23.2 Å². The quantitative estimate of drug-likeness (QED) is 0.664. The van der Waals surface area contributed by atoms with E-state index in [1.54, 1.807) is 14.0 Å². The molecule has 0 bridgehead atoms. The Bertz CT molecular complexity index is 1080. The number of hydrogen-bond acceptors (Lipinski definition) is 4. The minimum atomic E-state index is -0.295.